The molecule has 25 heavy (non-hydrogen) atoms. The van der Waals surface area contributed by atoms with E-state index in [1.54, 1.807) is 6.08 Å². The molecule has 1 saturated heterocycles. The van der Waals surface area contributed by atoms with Crippen LogP contribution in [0.4, 0.5) is 0 Å². The number of Topliss-reactive ketones (excluding diaryl/α,β-unsaturated/α-hetero) is 1. The van der Waals surface area contributed by atoms with E-state index in [0.717, 1.165) is 17.7 Å². The van der Waals surface area contributed by atoms with Gasteiger partial charge in [0.05, 0.1) is 5.41 Å². The average molecular weight is 353 g/mol. The first-order valence-corrected chi connectivity index (χ1v) is 8.62. The second kappa shape index (κ2) is 9.34. The number of amides is 1. The Hall–Kier alpha value is -2.18. The number of carboxylic acid groups (broad SMARTS) is 1. The monoisotopic (exact) mass is 353 g/mol. The molecule has 7 heteroatoms. The number of esters is 1. The van der Waals surface area contributed by atoms with Gasteiger partial charge in [0.2, 0.25) is 5.78 Å². The van der Waals surface area contributed by atoms with Crippen molar-refractivity contribution in [1.29, 1.82) is 0 Å². The highest BCUT2D eigenvalue weighted by atomic mass is 16.5. The van der Waals surface area contributed by atoms with Gasteiger partial charge in [0.15, 0.2) is 0 Å². The molecule has 0 aromatic carbocycles. The lowest BCUT2D eigenvalue weighted by molar-refractivity contribution is -0.159. The highest BCUT2D eigenvalue weighted by Gasteiger charge is 2.41. The molecule has 0 radical (unpaired) electrons. The van der Waals surface area contributed by atoms with E-state index in [4.69, 9.17) is 4.74 Å². The molecule has 1 N–H and O–H groups in total. The number of aliphatic carboxylic acids is 1. The Morgan fingerprint density at radius 2 is 1.92 bits per heavy atom. The van der Waals surface area contributed by atoms with Gasteiger partial charge in [-0.25, -0.2) is 9.59 Å². The second-order valence-corrected chi connectivity index (χ2v) is 6.86. The standard InChI is InChI=1S/C18H27NO6/c1-4-5-6-10-14(20)25-12-18(2,3)15(21)16(22)19-11-8-7-9-13(19)17(23)24/h6,10,13H,4-5,7-9,11-12H2,1-3H3,(H,23,24)/b10-6-/t13-/m0/s1. The number of nitrogens with zero attached hydrogens (tertiary/aromatic N) is 1. The van der Waals surface area contributed by atoms with E-state index in [-0.39, 0.29) is 13.2 Å². The van der Waals surface area contributed by atoms with Crippen molar-refractivity contribution in [3.63, 3.8) is 0 Å². The van der Waals surface area contributed by atoms with Crippen molar-refractivity contribution in [1.82, 2.24) is 4.90 Å². The van der Waals surface area contributed by atoms with Crippen molar-refractivity contribution >= 4 is 23.6 Å². The molecule has 0 unspecified atom stereocenters. The summed E-state index contributed by atoms with van der Waals surface area (Å²) in [6.07, 6.45) is 6.36. The molecule has 0 bridgehead atoms. The number of ether oxygens (including phenoxy) is 1. The SMILES string of the molecule is CCC/C=C\C(=O)OCC(C)(C)C(=O)C(=O)N1CCCC[C@H]1C(=O)O. The lowest BCUT2D eigenvalue weighted by Crippen LogP contribution is -2.53. The fourth-order valence-corrected chi connectivity index (χ4v) is 2.56. The molecule has 0 aromatic rings. The number of hydrogen-bond donors (Lipinski definition) is 1. The Balaban J connectivity index is 2.70. The average Bonchev–Trinajstić information content (AvgIpc) is 2.59. The first-order valence-electron chi connectivity index (χ1n) is 8.62. The van der Waals surface area contributed by atoms with Crippen LogP contribution in [-0.2, 0) is 23.9 Å². The minimum atomic E-state index is -1.22. The largest absolute Gasteiger partial charge is 0.480 e. The van der Waals surface area contributed by atoms with Crippen LogP contribution in [0.25, 0.3) is 0 Å². The topological polar surface area (TPSA) is 101 Å². The van der Waals surface area contributed by atoms with Crippen molar-refractivity contribution in [2.45, 2.75) is 58.9 Å². The molecular weight excluding hydrogens is 326 g/mol. The fourth-order valence-electron chi connectivity index (χ4n) is 2.56. The summed E-state index contributed by atoms with van der Waals surface area (Å²) >= 11 is 0. The molecule has 0 saturated carbocycles. The summed E-state index contributed by atoms with van der Waals surface area (Å²) in [5.41, 5.74) is -1.22. The molecule has 0 aromatic heterocycles. The Kier molecular flexibility index (Phi) is 7.80. The van der Waals surface area contributed by atoms with Crippen molar-refractivity contribution in [2.75, 3.05) is 13.2 Å². The van der Waals surface area contributed by atoms with Crippen molar-refractivity contribution < 1.29 is 29.0 Å². The summed E-state index contributed by atoms with van der Waals surface area (Å²) in [4.78, 5) is 49.0. The van der Waals surface area contributed by atoms with Crippen molar-refractivity contribution in [3.05, 3.63) is 12.2 Å². The number of ketones is 1. The molecule has 7 nitrogen and oxygen atoms in total. The Morgan fingerprint density at radius 3 is 2.52 bits per heavy atom. The number of rotatable bonds is 8. The highest BCUT2D eigenvalue weighted by molar-refractivity contribution is 6.38. The van der Waals surface area contributed by atoms with Crippen LogP contribution in [0.2, 0.25) is 0 Å². The number of carbonyl (C=O) groups excluding carboxylic acids is 3. The van der Waals surface area contributed by atoms with Gasteiger partial charge in [-0.3, -0.25) is 9.59 Å². The third kappa shape index (κ3) is 5.99. The summed E-state index contributed by atoms with van der Waals surface area (Å²) in [6, 6.07) is -0.972. The van der Waals surface area contributed by atoms with Gasteiger partial charge in [0.25, 0.3) is 5.91 Å². The molecule has 1 heterocycles. The quantitative estimate of drug-likeness (QED) is 0.407. The van der Waals surface area contributed by atoms with Gasteiger partial charge in [-0.2, -0.15) is 0 Å². The predicted octanol–water partition coefficient (Wildman–Crippen LogP) is 1.95. The maximum absolute atomic E-state index is 12.5. The van der Waals surface area contributed by atoms with E-state index in [1.165, 1.54) is 19.9 Å². The van der Waals surface area contributed by atoms with Gasteiger partial charge in [-0.05, 0) is 39.5 Å². The molecule has 1 rings (SSSR count). The summed E-state index contributed by atoms with van der Waals surface area (Å²) in [6.45, 7) is 5.01. The van der Waals surface area contributed by atoms with Crippen LogP contribution in [0.3, 0.4) is 0 Å². The zero-order chi connectivity index (χ0) is 19.0. The predicted molar refractivity (Wildman–Crippen MR) is 90.8 cm³/mol. The lowest BCUT2D eigenvalue weighted by Gasteiger charge is -2.34. The van der Waals surface area contributed by atoms with Crippen LogP contribution < -0.4 is 0 Å². The number of allylic oxidation sites excluding steroid dienone is 1. The van der Waals surface area contributed by atoms with Crippen molar-refractivity contribution in [2.24, 2.45) is 5.41 Å². The lowest BCUT2D eigenvalue weighted by atomic mass is 9.87. The van der Waals surface area contributed by atoms with Gasteiger partial charge in [0.1, 0.15) is 12.6 Å². The molecule has 1 fully saturated rings. The number of carbonyl (C=O) groups is 4. The zero-order valence-corrected chi connectivity index (χ0v) is 15.1. The third-order valence-electron chi connectivity index (χ3n) is 4.14. The first-order chi connectivity index (χ1) is 11.7. The summed E-state index contributed by atoms with van der Waals surface area (Å²) in [5, 5.41) is 9.24. The van der Waals surface area contributed by atoms with Crippen LogP contribution in [0.1, 0.15) is 52.9 Å². The number of carboxylic acids is 1. The van der Waals surface area contributed by atoms with Crippen molar-refractivity contribution in [3.8, 4) is 0 Å². The van der Waals surface area contributed by atoms with E-state index in [1.807, 2.05) is 6.92 Å². The summed E-state index contributed by atoms with van der Waals surface area (Å²) in [7, 11) is 0. The fraction of sp³-hybridized carbons (Fsp3) is 0.667. The number of piperidine rings is 1. The molecule has 1 atom stereocenters. The number of likely N-dealkylation sites (tertiary alicyclic amines) is 1. The zero-order valence-electron chi connectivity index (χ0n) is 15.1. The third-order valence-corrected chi connectivity index (χ3v) is 4.14. The highest BCUT2D eigenvalue weighted by Crippen LogP contribution is 2.23. The molecular formula is C18H27NO6. The maximum Gasteiger partial charge on any atom is 0.330 e. The van der Waals surface area contributed by atoms with Crippen LogP contribution in [0.15, 0.2) is 12.2 Å². The summed E-state index contributed by atoms with van der Waals surface area (Å²) in [5.74, 6) is -3.24. The Bertz CT molecular complexity index is 552. The normalized spacial score (nSPS) is 18.2. The number of unbranched alkanes of at least 4 members (excludes halogenated alkanes) is 1. The van der Waals surface area contributed by atoms with Gasteiger partial charge in [-0.15, -0.1) is 0 Å². The maximum atomic E-state index is 12.5. The molecule has 1 amide bonds. The minimum Gasteiger partial charge on any atom is -0.480 e. The van der Waals surface area contributed by atoms with Crippen LogP contribution in [0.5, 0.6) is 0 Å². The summed E-state index contributed by atoms with van der Waals surface area (Å²) < 4.78 is 5.05. The van der Waals surface area contributed by atoms with Crippen LogP contribution in [-0.4, -0.2) is 52.8 Å². The van der Waals surface area contributed by atoms with Gasteiger partial charge in [0, 0.05) is 12.6 Å². The molecule has 0 spiro atoms. The van der Waals surface area contributed by atoms with E-state index >= 15 is 0 Å². The smallest absolute Gasteiger partial charge is 0.330 e. The molecule has 140 valence electrons. The van der Waals surface area contributed by atoms with Crippen LogP contribution >= 0.6 is 0 Å². The molecule has 0 aliphatic carbocycles. The molecule has 1 aliphatic rings. The van der Waals surface area contributed by atoms with E-state index in [9.17, 15) is 24.3 Å². The van der Waals surface area contributed by atoms with Gasteiger partial charge >= 0.3 is 11.9 Å². The van der Waals surface area contributed by atoms with Gasteiger partial charge < -0.3 is 14.7 Å². The van der Waals surface area contributed by atoms with E-state index in [2.05, 4.69) is 0 Å². The Morgan fingerprint density at radius 1 is 1.24 bits per heavy atom. The van der Waals surface area contributed by atoms with E-state index in [0.29, 0.717) is 19.3 Å². The van der Waals surface area contributed by atoms with E-state index < -0.39 is 35.1 Å². The van der Waals surface area contributed by atoms with Gasteiger partial charge in [-0.1, -0.05) is 19.4 Å². The first kappa shape index (κ1) is 20.9. The second-order valence-electron chi connectivity index (χ2n) is 6.86. The van der Waals surface area contributed by atoms with Crippen LogP contribution in [0, 0.1) is 5.41 Å². The molecule has 1 aliphatic heterocycles. The Labute approximate surface area is 148 Å². The minimum absolute atomic E-state index is 0.238. The number of hydrogen-bond acceptors (Lipinski definition) is 5.